The maximum atomic E-state index is 13.4. The molecule has 1 saturated heterocycles. The van der Waals surface area contributed by atoms with Crippen LogP contribution in [-0.4, -0.2) is 57.9 Å². The SMILES string of the molecule is CCn1nc2c(c1C(=O)N1CCN(c3ccncc3)CC1)C[C@H](C)O[C@@H]2C. The molecule has 0 bridgehead atoms. The number of carbonyl (C=O) groups excluding carboxylic acids is 1. The first kappa shape index (κ1) is 18.0. The average molecular weight is 369 g/mol. The number of aryl methyl sites for hydroxylation is 1. The summed E-state index contributed by atoms with van der Waals surface area (Å²) in [5.41, 5.74) is 3.91. The predicted molar refractivity (Wildman–Crippen MR) is 103 cm³/mol. The molecule has 2 atom stereocenters. The molecule has 27 heavy (non-hydrogen) atoms. The van der Waals surface area contributed by atoms with Crippen molar-refractivity contribution in [3.8, 4) is 0 Å². The molecule has 0 unspecified atom stereocenters. The highest BCUT2D eigenvalue weighted by Crippen LogP contribution is 2.32. The van der Waals surface area contributed by atoms with Gasteiger partial charge in [0.2, 0.25) is 0 Å². The highest BCUT2D eigenvalue weighted by Gasteiger charge is 2.34. The van der Waals surface area contributed by atoms with Gasteiger partial charge in [-0.2, -0.15) is 5.10 Å². The van der Waals surface area contributed by atoms with Gasteiger partial charge >= 0.3 is 0 Å². The van der Waals surface area contributed by atoms with Crippen LogP contribution in [0.25, 0.3) is 0 Å². The molecule has 4 heterocycles. The van der Waals surface area contributed by atoms with Crippen LogP contribution >= 0.6 is 0 Å². The lowest BCUT2D eigenvalue weighted by molar-refractivity contribution is -0.00716. The molecule has 1 fully saturated rings. The summed E-state index contributed by atoms with van der Waals surface area (Å²) in [5, 5.41) is 4.69. The van der Waals surface area contributed by atoms with Crippen LogP contribution in [0, 0.1) is 0 Å². The Balaban J connectivity index is 1.54. The number of hydrogen-bond acceptors (Lipinski definition) is 5. The van der Waals surface area contributed by atoms with Crippen LogP contribution in [0.5, 0.6) is 0 Å². The highest BCUT2D eigenvalue weighted by atomic mass is 16.5. The topological polar surface area (TPSA) is 63.5 Å². The minimum atomic E-state index is -0.0633. The first-order valence-corrected chi connectivity index (χ1v) is 9.77. The van der Waals surface area contributed by atoms with Crippen molar-refractivity contribution in [2.45, 2.75) is 45.9 Å². The van der Waals surface area contributed by atoms with Gasteiger partial charge in [0.15, 0.2) is 0 Å². The molecule has 0 spiro atoms. The monoisotopic (exact) mass is 369 g/mol. The number of anilines is 1. The molecular weight excluding hydrogens is 342 g/mol. The van der Waals surface area contributed by atoms with Crippen molar-refractivity contribution in [1.82, 2.24) is 19.7 Å². The fourth-order valence-corrected chi connectivity index (χ4v) is 4.13. The zero-order valence-electron chi connectivity index (χ0n) is 16.3. The molecule has 0 N–H and O–H groups in total. The number of carbonyl (C=O) groups is 1. The zero-order valence-corrected chi connectivity index (χ0v) is 16.3. The van der Waals surface area contributed by atoms with Gasteiger partial charge in [0.25, 0.3) is 5.91 Å². The van der Waals surface area contributed by atoms with E-state index in [2.05, 4.69) is 21.9 Å². The third-order valence-corrected chi connectivity index (χ3v) is 5.49. The molecule has 144 valence electrons. The molecule has 2 aromatic rings. The summed E-state index contributed by atoms with van der Waals surface area (Å²) in [6.07, 6.45) is 4.41. The van der Waals surface area contributed by atoms with Crippen LogP contribution in [0.15, 0.2) is 24.5 Å². The van der Waals surface area contributed by atoms with Gasteiger partial charge in [-0.3, -0.25) is 14.5 Å². The third-order valence-electron chi connectivity index (χ3n) is 5.49. The number of rotatable bonds is 3. The Kier molecular flexibility index (Phi) is 4.86. The summed E-state index contributed by atoms with van der Waals surface area (Å²) in [5.74, 6) is 0.0984. The molecule has 0 radical (unpaired) electrons. The van der Waals surface area contributed by atoms with Crippen molar-refractivity contribution in [3.05, 3.63) is 41.5 Å². The quantitative estimate of drug-likeness (QED) is 0.831. The Labute approximate surface area is 159 Å². The number of nitrogens with zero attached hydrogens (tertiary/aromatic N) is 5. The second-order valence-corrected chi connectivity index (χ2v) is 7.31. The molecule has 0 aromatic carbocycles. The zero-order chi connectivity index (χ0) is 19.0. The number of fused-ring (bicyclic) bond motifs is 1. The molecule has 0 saturated carbocycles. The summed E-state index contributed by atoms with van der Waals surface area (Å²) in [4.78, 5) is 21.7. The Morgan fingerprint density at radius 3 is 2.56 bits per heavy atom. The van der Waals surface area contributed by atoms with Crippen LogP contribution in [0.3, 0.4) is 0 Å². The lowest BCUT2D eigenvalue weighted by Gasteiger charge is -2.36. The minimum absolute atomic E-state index is 0.0633. The van der Waals surface area contributed by atoms with E-state index in [1.54, 1.807) is 0 Å². The Hall–Kier alpha value is -2.41. The number of amides is 1. The van der Waals surface area contributed by atoms with E-state index in [9.17, 15) is 4.79 Å². The number of ether oxygens (including phenoxy) is 1. The number of hydrogen-bond donors (Lipinski definition) is 0. The summed E-state index contributed by atoms with van der Waals surface area (Å²) in [6.45, 7) is 9.88. The molecule has 2 aliphatic heterocycles. The van der Waals surface area contributed by atoms with Crippen molar-refractivity contribution in [3.63, 3.8) is 0 Å². The third kappa shape index (κ3) is 3.32. The molecule has 7 nitrogen and oxygen atoms in total. The van der Waals surface area contributed by atoms with Crippen molar-refractivity contribution in [2.75, 3.05) is 31.1 Å². The summed E-state index contributed by atoms with van der Waals surface area (Å²) in [7, 11) is 0. The van der Waals surface area contributed by atoms with Crippen LogP contribution in [0.2, 0.25) is 0 Å². The minimum Gasteiger partial charge on any atom is -0.369 e. The summed E-state index contributed by atoms with van der Waals surface area (Å²) >= 11 is 0. The first-order valence-electron chi connectivity index (χ1n) is 9.77. The van der Waals surface area contributed by atoms with Gasteiger partial charge in [-0.05, 0) is 32.9 Å². The van der Waals surface area contributed by atoms with E-state index in [-0.39, 0.29) is 18.1 Å². The highest BCUT2D eigenvalue weighted by molar-refractivity contribution is 5.94. The van der Waals surface area contributed by atoms with Gasteiger partial charge in [-0.15, -0.1) is 0 Å². The number of piperazine rings is 1. The predicted octanol–water partition coefficient (Wildman–Crippen LogP) is 2.28. The summed E-state index contributed by atoms with van der Waals surface area (Å²) in [6, 6.07) is 4.03. The lowest BCUT2D eigenvalue weighted by Crippen LogP contribution is -2.49. The van der Waals surface area contributed by atoms with Gasteiger partial charge in [-0.1, -0.05) is 0 Å². The van der Waals surface area contributed by atoms with Crippen LogP contribution in [0.1, 0.15) is 48.6 Å². The van der Waals surface area contributed by atoms with Gasteiger partial charge in [0, 0.05) is 62.8 Å². The molecule has 4 rings (SSSR count). The molecule has 1 amide bonds. The maximum Gasteiger partial charge on any atom is 0.272 e. The molecule has 2 aliphatic rings. The van der Waals surface area contributed by atoms with E-state index in [0.29, 0.717) is 19.6 Å². The fourth-order valence-electron chi connectivity index (χ4n) is 4.13. The summed E-state index contributed by atoms with van der Waals surface area (Å²) < 4.78 is 7.76. The second-order valence-electron chi connectivity index (χ2n) is 7.31. The van der Waals surface area contributed by atoms with E-state index >= 15 is 0 Å². The van der Waals surface area contributed by atoms with E-state index in [4.69, 9.17) is 4.74 Å². The van der Waals surface area contributed by atoms with Crippen molar-refractivity contribution in [1.29, 1.82) is 0 Å². The van der Waals surface area contributed by atoms with Crippen LogP contribution in [0.4, 0.5) is 5.69 Å². The molecule has 0 aliphatic carbocycles. The molecule has 2 aromatic heterocycles. The second kappa shape index (κ2) is 7.31. The maximum absolute atomic E-state index is 13.4. The van der Waals surface area contributed by atoms with E-state index < -0.39 is 0 Å². The van der Waals surface area contributed by atoms with Gasteiger partial charge in [-0.25, -0.2) is 0 Å². The number of pyridine rings is 1. The largest absolute Gasteiger partial charge is 0.369 e. The number of aromatic nitrogens is 3. The van der Waals surface area contributed by atoms with Crippen LogP contribution < -0.4 is 4.90 Å². The Morgan fingerprint density at radius 1 is 1.19 bits per heavy atom. The van der Waals surface area contributed by atoms with Crippen LogP contribution in [-0.2, 0) is 17.7 Å². The van der Waals surface area contributed by atoms with Crippen molar-refractivity contribution in [2.24, 2.45) is 0 Å². The average Bonchev–Trinajstić information content (AvgIpc) is 3.07. The fraction of sp³-hybridized carbons (Fsp3) is 0.550. The Bertz CT molecular complexity index is 811. The van der Waals surface area contributed by atoms with E-state index in [1.807, 2.05) is 48.0 Å². The Morgan fingerprint density at radius 2 is 1.89 bits per heavy atom. The van der Waals surface area contributed by atoms with Gasteiger partial charge in [0.1, 0.15) is 5.69 Å². The van der Waals surface area contributed by atoms with E-state index in [1.165, 1.54) is 0 Å². The smallest absolute Gasteiger partial charge is 0.272 e. The lowest BCUT2D eigenvalue weighted by atomic mass is 9.99. The van der Waals surface area contributed by atoms with E-state index in [0.717, 1.165) is 42.1 Å². The van der Waals surface area contributed by atoms with Gasteiger partial charge < -0.3 is 14.5 Å². The first-order chi connectivity index (χ1) is 13.1. The van der Waals surface area contributed by atoms with Crippen molar-refractivity contribution < 1.29 is 9.53 Å². The standard InChI is InChI=1S/C20H27N5O2/c1-4-25-19(17-13-14(2)27-15(3)18(17)22-25)20(26)24-11-9-23(10-12-24)16-5-7-21-8-6-16/h5-8,14-15H,4,9-13H2,1-3H3/t14-,15+/m0/s1. The molecular formula is C20H27N5O2. The van der Waals surface area contributed by atoms with Gasteiger partial charge in [0.05, 0.1) is 17.9 Å². The van der Waals surface area contributed by atoms with Crippen molar-refractivity contribution >= 4 is 11.6 Å². The normalized spacial score (nSPS) is 22.6. The molecule has 7 heteroatoms.